The van der Waals surface area contributed by atoms with Gasteiger partial charge in [-0.2, -0.15) is 0 Å². The number of carbonyl (C=O) groups excluding carboxylic acids is 1. The molecule has 1 aromatic rings. The maximum Gasteiger partial charge on any atom is 0.250 e. The standard InChI is InChI=1S/C10H8BrF2NO/c1-5(2)10(15)14-8-4-6(12)3-7(13)9(8)11/h3-4H,1H2,2H3,(H,14,15). The van der Waals surface area contributed by atoms with Gasteiger partial charge in [-0.25, -0.2) is 8.78 Å². The number of hydrogen-bond donors (Lipinski definition) is 1. The molecular formula is C10H8BrF2NO. The fraction of sp³-hybridized carbons (Fsp3) is 0.100. The molecule has 80 valence electrons. The summed E-state index contributed by atoms with van der Waals surface area (Å²) in [7, 11) is 0. The van der Waals surface area contributed by atoms with Crippen LogP contribution in [0.3, 0.4) is 0 Å². The van der Waals surface area contributed by atoms with Gasteiger partial charge in [-0.3, -0.25) is 4.79 Å². The van der Waals surface area contributed by atoms with Crippen molar-refractivity contribution in [1.29, 1.82) is 0 Å². The number of hydrogen-bond acceptors (Lipinski definition) is 1. The zero-order valence-corrected chi connectivity index (χ0v) is 9.49. The molecule has 0 bridgehead atoms. The monoisotopic (exact) mass is 275 g/mol. The van der Waals surface area contributed by atoms with Gasteiger partial charge in [0.15, 0.2) is 0 Å². The molecule has 0 heterocycles. The smallest absolute Gasteiger partial charge is 0.250 e. The lowest BCUT2D eigenvalue weighted by Crippen LogP contribution is -2.12. The number of anilines is 1. The molecular weight excluding hydrogens is 268 g/mol. The third-order valence-corrected chi connectivity index (χ3v) is 2.43. The minimum Gasteiger partial charge on any atom is -0.321 e. The van der Waals surface area contributed by atoms with E-state index in [1.165, 1.54) is 6.92 Å². The molecule has 0 aliphatic carbocycles. The summed E-state index contributed by atoms with van der Waals surface area (Å²) >= 11 is 2.91. The summed E-state index contributed by atoms with van der Waals surface area (Å²) in [6.45, 7) is 4.91. The van der Waals surface area contributed by atoms with Crippen molar-refractivity contribution in [2.45, 2.75) is 6.92 Å². The van der Waals surface area contributed by atoms with Crippen LogP contribution in [0.1, 0.15) is 6.92 Å². The van der Waals surface area contributed by atoms with E-state index in [2.05, 4.69) is 27.8 Å². The highest BCUT2D eigenvalue weighted by molar-refractivity contribution is 9.10. The lowest BCUT2D eigenvalue weighted by atomic mass is 10.2. The van der Waals surface area contributed by atoms with Crippen LogP contribution in [0.25, 0.3) is 0 Å². The van der Waals surface area contributed by atoms with Crippen molar-refractivity contribution in [3.63, 3.8) is 0 Å². The molecule has 0 saturated heterocycles. The Hall–Kier alpha value is -1.23. The molecule has 15 heavy (non-hydrogen) atoms. The van der Waals surface area contributed by atoms with E-state index in [4.69, 9.17) is 0 Å². The van der Waals surface area contributed by atoms with Crippen LogP contribution in [-0.4, -0.2) is 5.91 Å². The molecule has 0 fully saturated rings. The van der Waals surface area contributed by atoms with Crippen LogP contribution in [-0.2, 0) is 4.79 Å². The Balaban J connectivity index is 3.05. The first-order valence-corrected chi connectivity index (χ1v) is 4.82. The second-order valence-corrected chi connectivity index (χ2v) is 3.78. The van der Waals surface area contributed by atoms with Crippen molar-refractivity contribution < 1.29 is 13.6 Å². The van der Waals surface area contributed by atoms with Crippen LogP contribution in [0.5, 0.6) is 0 Å². The predicted octanol–water partition coefficient (Wildman–Crippen LogP) is 3.24. The summed E-state index contributed by atoms with van der Waals surface area (Å²) in [5, 5.41) is 2.33. The quantitative estimate of drug-likeness (QED) is 0.652. The van der Waals surface area contributed by atoms with Crippen LogP contribution < -0.4 is 5.32 Å². The first-order chi connectivity index (χ1) is 6.91. The van der Waals surface area contributed by atoms with Crippen LogP contribution in [0.15, 0.2) is 28.8 Å². The lowest BCUT2D eigenvalue weighted by molar-refractivity contribution is -0.112. The van der Waals surface area contributed by atoms with E-state index in [9.17, 15) is 13.6 Å². The molecule has 0 saturated carbocycles. The molecule has 1 rings (SSSR count). The molecule has 0 unspecified atom stereocenters. The number of rotatable bonds is 2. The highest BCUT2D eigenvalue weighted by atomic mass is 79.9. The summed E-state index contributed by atoms with van der Waals surface area (Å²) in [5.41, 5.74) is 0.298. The van der Waals surface area contributed by atoms with Gasteiger partial charge in [0.2, 0.25) is 0 Å². The number of carbonyl (C=O) groups is 1. The summed E-state index contributed by atoms with van der Waals surface area (Å²) in [5.74, 6) is -2.01. The van der Waals surface area contributed by atoms with Gasteiger partial charge >= 0.3 is 0 Å². The van der Waals surface area contributed by atoms with E-state index >= 15 is 0 Å². The maximum atomic E-state index is 13.0. The SMILES string of the molecule is C=C(C)C(=O)Nc1cc(F)cc(F)c1Br. The molecule has 0 radical (unpaired) electrons. The number of halogens is 3. The number of amides is 1. The first kappa shape index (κ1) is 11.8. The fourth-order valence-corrected chi connectivity index (χ4v) is 1.20. The first-order valence-electron chi connectivity index (χ1n) is 4.03. The topological polar surface area (TPSA) is 29.1 Å². The molecule has 0 spiro atoms. The summed E-state index contributed by atoms with van der Waals surface area (Å²) in [6.07, 6.45) is 0. The molecule has 0 aliphatic rings. The molecule has 0 atom stereocenters. The zero-order valence-electron chi connectivity index (χ0n) is 7.90. The summed E-state index contributed by atoms with van der Waals surface area (Å²) in [6, 6.07) is 1.74. The third kappa shape index (κ3) is 2.86. The predicted molar refractivity (Wildman–Crippen MR) is 57.5 cm³/mol. The number of benzene rings is 1. The Bertz CT molecular complexity index is 432. The molecule has 2 nitrogen and oxygen atoms in total. The van der Waals surface area contributed by atoms with Crippen LogP contribution in [0.2, 0.25) is 0 Å². The zero-order chi connectivity index (χ0) is 11.6. The number of nitrogens with one attached hydrogen (secondary N) is 1. The van der Waals surface area contributed by atoms with Crippen molar-refractivity contribution in [1.82, 2.24) is 0 Å². The van der Waals surface area contributed by atoms with Crippen LogP contribution in [0.4, 0.5) is 14.5 Å². The van der Waals surface area contributed by atoms with E-state index in [1.54, 1.807) is 0 Å². The second kappa shape index (κ2) is 4.53. The Morgan fingerprint density at radius 3 is 2.60 bits per heavy atom. The molecule has 1 N–H and O–H groups in total. The summed E-state index contributed by atoms with van der Waals surface area (Å²) in [4.78, 5) is 11.2. The minimum absolute atomic E-state index is 0.0125. The van der Waals surface area contributed by atoms with Gasteiger partial charge in [0.25, 0.3) is 5.91 Å². The van der Waals surface area contributed by atoms with Crippen molar-refractivity contribution in [3.8, 4) is 0 Å². The summed E-state index contributed by atoms with van der Waals surface area (Å²) < 4.78 is 25.9. The van der Waals surface area contributed by atoms with Crippen LogP contribution >= 0.6 is 15.9 Å². The van der Waals surface area contributed by atoms with Gasteiger partial charge in [0, 0.05) is 11.6 Å². The molecule has 5 heteroatoms. The van der Waals surface area contributed by atoms with Gasteiger partial charge in [-0.05, 0) is 28.9 Å². The fourth-order valence-electron chi connectivity index (χ4n) is 0.876. The average molecular weight is 276 g/mol. The van der Waals surface area contributed by atoms with Crippen molar-refractivity contribution in [3.05, 3.63) is 40.4 Å². The van der Waals surface area contributed by atoms with Gasteiger partial charge in [0.05, 0.1) is 10.2 Å². The lowest BCUT2D eigenvalue weighted by Gasteiger charge is -2.07. The Labute approximate surface area is 94.1 Å². The normalized spacial score (nSPS) is 9.87. The Morgan fingerprint density at radius 1 is 1.47 bits per heavy atom. The highest BCUT2D eigenvalue weighted by Gasteiger charge is 2.11. The van der Waals surface area contributed by atoms with Gasteiger partial charge in [0.1, 0.15) is 11.6 Å². The largest absolute Gasteiger partial charge is 0.321 e. The average Bonchev–Trinajstić information content (AvgIpc) is 2.13. The minimum atomic E-state index is -0.771. The highest BCUT2D eigenvalue weighted by Crippen LogP contribution is 2.26. The van der Waals surface area contributed by atoms with Crippen molar-refractivity contribution in [2.24, 2.45) is 0 Å². The van der Waals surface area contributed by atoms with Crippen molar-refractivity contribution >= 4 is 27.5 Å². The van der Waals surface area contributed by atoms with E-state index in [0.29, 0.717) is 0 Å². The Kier molecular flexibility index (Phi) is 3.57. The van der Waals surface area contributed by atoms with Gasteiger partial charge < -0.3 is 5.32 Å². The van der Waals surface area contributed by atoms with E-state index < -0.39 is 17.5 Å². The molecule has 0 aromatic heterocycles. The molecule has 0 aliphatic heterocycles. The van der Waals surface area contributed by atoms with E-state index in [-0.39, 0.29) is 15.7 Å². The van der Waals surface area contributed by atoms with E-state index in [0.717, 1.165) is 12.1 Å². The van der Waals surface area contributed by atoms with E-state index in [1.807, 2.05) is 0 Å². The molecule has 1 amide bonds. The van der Waals surface area contributed by atoms with Gasteiger partial charge in [-0.1, -0.05) is 6.58 Å². The third-order valence-electron chi connectivity index (χ3n) is 1.63. The van der Waals surface area contributed by atoms with Crippen molar-refractivity contribution in [2.75, 3.05) is 5.32 Å². The molecule has 1 aromatic carbocycles. The van der Waals surface area contributed by atoms with Crippen LogP contribution in [0, 0.1) is 11.6 Å². The van der Waals surface area contributed by atoms with Gasteiger partial charge in [-0.15, -0.1) is 0 Å². The maximum absolute atomic E-state index is 13.0. The second-order valence-electron chi connectivity index (χ2n) is 2.98. The Morgan fingerprint density at radius 2 is 2.07 bits per heavy atom.